The Morgan fingerprint density at radius 1 is 1.35 bits per heavy atom. The van der Waals surface area contributed by atoms with E-state index in [1.54, 1.807) is 23.1 Å². The Labute approximate surface area is 151 Å². The molecule has 0 bridgehead atoms. The molecule has 1 aromatic carbocycles. The number of carbonyl (C=O) groups excluding carboxylic acids is 2. The average Bonchev–Trinajstić information content (AvgIpc) is 3.00. The van der Waals surface area contributed by atoms with E-state index >= 15 is 0 Å². The summed E-state index contributed by atoms with van der Waals surface area (Å²) in [5.41, 5.74) is 1.40. The van der Waals surface area contributed by atoms with Crippen molar-refractivity contribution in [3.05, 3.63) is 54.0 Å². The van der Waals surface area contributed by atoms with Crippen LogP contribution in [0.25, 0.3) is 6.08 Å². The summed E-state index contributed by atoms with van der Waals surface area (Å²) in [4.78, 5) is 25.6. The Hall–Kier alpha value is -3.02. The van der Waals surface area contributed by atoms with Gasteiger partial charge in [-0.05, 0) is 48.7 Å². The number of urea groups is 1. The number of amides is 3. The fourth-order valence-electron chi connectivity index (χ4n) is 3.19. The lowest BCUT2D eigenvalue weighted by Crippen LogP contribution is -2.27. The van der Waals surface area contributed by atoms with E-state index in [0.717, 1.165) is 11.4 Å². The van der Waals surface area contributed by atoms with Crippen molar-refractivity contribution in [1.82, 2.24) is 5.32 Å². The highest BCUT2D eigenvalue weighted by Gasteiger charge is 2.36. The molecule has 3 amide bonds. The van der Waals surface area contributed by atoms with E-state index in [1.165, 1.54) is 12.5 Å². The van der Waals surface area contributed by atoms with Crippen LogP contribution in [0.4, 0.5) is 16.2 Å². The zero-order valence-electron chi connectivity index (χ0n) is 14.6. The predicted octanol–water partition coefficient (Wildman–Crippen LogP) is 3.58. The first kappa shape index (κ1) is 16.4. The highest BCUT2D eigenvalue weighted by atomic mass is 16.3. The highest BCUT2D eigenvalue weighted by Crippen LogP contribution is 2.47. The molecule has 134 valence electrons. The summed E-state index contributed by atoms with van der Waals surface area (Å²) in [7, 11) is 0. The number of benzene rings is 1. The maximum Gasteiger partial charge on any atom is 0.321 e. The molecule has 2 heterocycles. The van der Waals surface area contributed by atoms with E-state index in [1.807, 2.05) is 24.3 Å². The lowest BCUT2D eigenvalue weighted by atomic mass is 10.2. The summed E-state index contributed by atoms with van der Waals surface area (Å²) in [6.07, 6.45) is 4.29. The van der Waals surface area contributed by atoms with Gasteiger partial charge in [0.25, 0.3) is 0 Å². The van der Waals surface area contributed by atoms with Gasteiger partial charge >= 0.3 is 6.03 Å². The molecule has 1 saturated carbocycles. The molecule has 4 rings (SSSR count). The number of nitrogens with one attached hydrogen (secondary N) is 2. The second-order valence-corrected chi connectivity index (χ2v) is 6.82. The standard InChI is InChI=1S/C20H21N3O3/c1-13-11-17(13)18-7-5-16(26-18)6-8-19(24)22-14-3-2-4-15(12-14)23-10-9-21-20(23)25/h2-8,12-13,17H,9-11H2,1H3,(H,21,25)(H,22,24)/b8-6-/t13-,17-/m1/s1. The molecular formula is C20H21N3O3. The fourth-order valence-corrected chi connectivity index (χ4v) is 3.19. The first-order valence-corrected chi connectivity index (χ1v) is 8.84. The predicted molar refractivity (Wildman–Crippen MR) is 100 cm³/mol. The van der Waals surface area contributed by atoms with Crippen LogP contribution in [0.5, 0.6) is 0 Å². The van der Waals surface area contributed by atoms with Crippen LogP contribution < -0.4 is 15.5 Å². The molecule has 1 aliphatic heterocycles. The molecule has 26 heavy (non-hydrogen) atoms. The van der Waals surface area contributed by atoms with Crippen LogP contribution in [0, 0.1) is 5.92 Å². The third-order valence-electron chi connectivity index (χ3n) is 4.80. The van der Waals surface area contributed by atoms with Crippen molar-refractivity contribution >= 4 is 29.4 Å². The van der Waals surface area contributed by atoms with Crippen molar-refractivity contribution in [3.63, 3.8) is 0 Å². The molecule has 6 heteroatoms. The highest BCUT2D eigenvalue weighted by molar-refractivity contribution is 6.02. The van der Waals surface area contributed by atoms with Gasteiger partial charge in [0.2, 0.25) is 5.91 Å². The zero-order chi connectivity index (χ0) is 18.1. The van der Waals surface area contributed by atoms with Gasteiger partial charge in [-0.2, -0.15) is 0 Å². The Morgan fingerprint density at radius 2 is 2.19 bits per heavy atom. The number of hydrogen-bond donors (Lipinski definition) is 2. The number of carbonyl (C=O) groups is 2. The topological polar surface area (TPSA) is 74.6 Å². The molecule has 6 nitrogen and oxygen atoms in total. The molecular weight excluding hydrogens is 330 g/mol. The maximum atomic E-state index is 12.2. The number of furan rings is 1. The van der Waals surface area contributed by atoms with E-state index in [2.05, 4.69) is 17.6 Å². The van der Waals surface area contributed by atoms with Crippen molar-refractivity contribution in [2.75, 3.05) is 23.3 Å². The molecule has 2 N–H and O–H groups in total. The zero-order valence-corrected chi connectivity index (χ0v) is 14.6. The molecule has 1 aliphatic carbocycles. The Bertz CT molecular complexity index is 871. The quantitative estimate of drug-likeness (QED) is 0.809. The minimum Gasteiger partial charge on any atom is -0.461 e. The van der Waals surface area contributed by atoms with Gasteiger partial charge in [-0.25, -0.2) is 4.79 Å². The van der Waals surface area contributed by atoms with Crippen LogP contribution >= 0.6 is 0 Å². The largest absolute Gasteiger partial charge is 0.461 e. The smallest absolute Gasteiger partial charge is 0.321 e. The monoisotopic (exact) mass is 351 g/mol. The Morgan fingerprint density at radius 3 is 2.92 bits per heavy atom. The van der Waals surface area contributed by atoms with Crippen molar-refractivity contribution in [1.29, 1.82) is 0 Å². The van der Waals surface area contributed by atoms with Crippen LogP contribution in [-0.4, -0.2) is 25.0 Å². The van der Waals surface area contributed by atoms with Crippen LogP contribution in [-0.2, 0) is 4.79 Å². The van der Waals surface area contributed by atoms with Crippen LogP contribution in [0.2, 0.25) is 0 Å². The van der Waals surface area contributed by atoms with Crippen LogP contribution in [0.1, 0.15) is 30.8 Å². The minimum absolute atomic E-state index is 0.119. The Kier molecular flexibility index (Phi) is 4.24. The van der Waals surface area contributed by atoms with E-state index in [-0.39, 0.29) is 11.9 Å². The van der Waals surface area contributed by atoms with E-state index < -0.39 is 0 Å². The average molecular weight is 351 g/mol. The van der Waals surface area contributed by atoms with Gasteiger partial charge in [0.15, 0.2) is 0 Å². The second kappa shape index (κ2) is 6.71. The molecule has 0 radical (unpaired) electrons. The number of nitrogens with zero attached hydrogens (tertiary/aromatic N) is 1. The van der Waals surface area contributed by atoms with Crippen LogP contribution in [0.3, 0.4) is 0 Å². The summed E-state index contributed by atoms with van der Waals surface area (Å²) in [6, 6.07) is 11.0. The van der Waals surface area contributed by atoms with E-state index in [0.29, 0.717) is 36.4 Å². The lowest BCUT2D eigenvalue weighted by molar-refractivity contribution is -0.111. The first-order valence-electron chi connectivity index (χ1n) is 8.84. The van der Waals surface area contributed by atoms with Gasteiger partial charge in [0.1, 0.15) is 11.5 Å². The van der Waals surface area contributed by atoms with Gasteiger partial charge in [0.05, 0.1) is 0 Å². The maximum absolute atomic E-state index is 12.2. The van der Waals surface area contributed by atoms with Crippen molar-refractivity contribution in [3.8, 4) is 0 Å². The third kappa shape index (κ3) is 3.49. The van der Waals surface area contributed by atoms with Gasteiger partial charge in [-0.1, -0.05) is 13.0 Å². The molecule has 2 fully saturated rings. The van der Waals surface area contributed by atoms with Gasteiger partial charge in [-0.3, -0.25) is 9.69 Å². The van der Waals surface area contributed by atoms with Gasteiger partial charge in [0, 0.05) is 36.5 Å². The lowest BCUT2D eigenvalue weighted by Gasteiger charge is -2.15. The third-order valence-corrected chi connectivity index (χ3v) is 4.80. The normalized spacial score (nSPS) is 21.9. The van der Waals surface area contributed by atoms with Gasteiger partial charge in [-0.15, -0.1) is 0 Å². The second-order valence-electron chi connectivity index (χ2n) is 6.82. The Balaban J connectivity index is 1.38. The van der Waals surface area contributed by atoms with Crippen molar-refractivity contribution in [2.45, 2.75) is 19.3 Å². The molecule has 2 aromatic rings. The first-order chi connectivity index (χ1) is 12.6. The van der Waals surface area contributed by atoms with Gasteiger partial charge < -0.3 is 15.1 Å². The molecule has 2 aliphatic rings. The summed E-state index contributed by atoms with van der Waals surface area (Å²) in [6.45, 7) is 3.45. The summed E-state index contributed by atoms with van der Waals surface area (Å²) >= 11 is 0. The number of rotatable bonds is 5. The van der Waals surface area contributed by atoms with E-state index in [9.17, 15) is 9.59 Å². The van der Waals surface area contributed by atoms with E-state index in [4.69, 9.17) is 4.42 Å². The van der Waals surface area contributed by atoms with Crippen molar-refractivity contribution in [2.24, 2.45) is 5.92 Å². The number of anilines is 2. The van der Waals surface area contributed by atoms with Crippen molar-refractivity contribution < 1.29 is 14.0 Å². The minimum atomic E-state index is -0.245. The van der Waals surface area contributed by atoms with Crippen LogP contribution in [0.15, 0.2) is 46.9 Å². The summed E-state index contributed by atoms with van der Waals surface area (Å²) in [5, 5.41) is 5.58. The SMILES string of the molecule is C[C@@H]1C[C@H]1c1ccc(/C=C\C(=O)Nc2cccc(N3CCNC3=O)c2)o1. The summed E-state index contributed by atoms with van der Waals surface area (Å²) in [5.74, 6) is 2.64. The molecule has 1 aromatic heterocycles. The summed E-state index contributed by atoms with van der Waals surface area (Å²) < 4.78 is 5.76. The molecule has 0 unspecified atom stereocenters. The molecule has 2 atom stereocenters. The number of hydrogen-bond acceptors (Lipinski definition) is 3. The fraction of sp³-hybridized carbons (Fsp3) is 0.300. The molecule has 1 saturated heterocycles. The molecule has 0 spiro atoms.